The Morgan fingerprint density at radius 3 is 2.44 bits per heavy atom. The minimum atomic E-state index is -0.505. The van der Waals surface area contributed by atoms with Gasteiger partial charge in [0.15, 0.2) is 5.82 Å². The largest absolute Gasteiger partial charge is 0.381 e. The van der Waals surface area contributed by atoms with Crippen LogP contribution < -0.4 is 5.73 Å². The van der Waals surface area contributed by atoms with E-state index in [0.717, 1.165) is 44.7 Å². The van der Waals surface area contributed by atoms with Gasteiger partial charge in [-0.1, -0.05) is 5.16 Å². The first-order valence-electron chi connectivity index (χ1n) is 6.56. The Labute approximate surface area is 106 Å². The van der Waals surface area contributed by atoms with E-state index in [1.54, 1.807) is 0 Å². The van der Waals surface area contributed by atoms with Crippen LogP contribution in [0.1, 0.15) is 43.3 Å². The molecule has 0 radical (unpaired) electrons. The Morgan fingerprint density at radius 1 is 1.06 bits per heavy atom. The predicted octanol–water partition coefficient (Wildman–Crippen LogP) is 0.928. The molecule has 100 valence electrons. The number of rotatable bonds is 2. The lowest BCUT2D eigenvalue weighted by atomic mass is 9.91. The zero-order valence-corrected chi connectivity index (χ0v) is 10.4. The summed E-state index contributed by atoms with van der Waals surface area (Å²) in [6, 6.07) is 0. The number of hydrogen-bond donors (Lipinski definition) is 1. The Bertz CT molecular complexity index is 395. The molecule has 3 rings (SSSR count). The molecular weight excluding hydrogens is 234 g/mol. The molecule has 2 aliphatic rings. The second-order valence-corrected chi connectivity index (χ2v) is 5.11. The highest BCUT2D eigenvalue weighted by atomic mass is 16.5. The van der Waals surface area contributed by atoms with Gasteiger partial charge in [-0.25, -0.2) is 0 Å². The van der Waals surface area contributed by atoms with E-state index in [1.807, 2.05) is 0 Å². The van der Waals surface area contributed by atoms with Gasteiger partial charge in [0.2, 0.25) is 5.89 Å². The predicted molar refractivity (Wildman–Crippen MR) is 63.0 cm³/mol. The fraction of sp³-hybridized carbons (Fsp3) is 0.833. The third-order valence-electron chi connectivity index (χ3n) is 3.84. The SMILES string of the molecule is NC1(c2nc(C3CCOCC3)no2)CCOCC1. The molecule has 1 aromatic heterocycles. The summed E-state index contributed by atoms with van der Waals surface area (Å²) in [7, 11) is 0. The van der Waals surface area contributed by atoms with Crippen molar-refractivity contribution in [1.29, 1.82) is 0 Å². The van der Waals surface area contributed by atoms with Crippen LogP contribution in [0.2, 0.25) is 0 Å². The van der Waals surface area contributed by atoms with Gasteiger partial charge in [0.25, 0.3) is 0 Å². The Kier molecular flexibility index (Phi) is 3.32. The quantitative estimate of drug-likeness (QED) is 0.844. The van der Waals surface area contributed by atoms with Crippen LogP contribution in [0.3, 0.4) is 0 Å². The molecule has 18 heavy (non-hydrogen) atoms. The van der Waals surface area contributed by atoms with E-state index >= 15 is 0 Å². The first kappa shape index (κ1) is 12.1. The van der Waals surface area contributed by atoms with Crippen molar-refractivity contribution >= 4 is 0 Å². The van der Waals surface area contributed by atoms with E-state index in [1.165, 1.54) is 0 Å². The molecule has 0 unspecified atom stereocenters. The number of ether oxygens (including phenoxy) is 2. The fourth-order valence-electron chi connectivity index (χ4n) is 2.51. The second kappa shape index (κ2) is 4.95. The third-order valence-corrected chi connectivity index (χ3v) is 3.84. The maximum Gasteiger partial charge on any atom is 0.246 e. The zero-order valence-electron chi connectivity index (χ0n) is 10.4. The fourth-order valence-corrected chi connectivity index (χ4v) is 2.51. The van der Waals surface area contributed by atoms with Gasteiger partial charge in [-0.2, -0.15) is 4.98 Å². The van der Waals surface area contributed by atoms with Crippen molar-refractivity contribution in [2.24, 2.45) is 5.73 Å². The van der Waals surface area contributed by atoms with Crippen molar-refractivity contribution in [3.05, 3.63) is 11.7 Å². The molecule has 0 aromatic carbocycles. The van der Waals surface area contributed by atoms with Crippen LogP contribution in [-0.4, -0.2) is 36.6 Å². The lowest BCUT2D eigenvalue weighted by Gasteiger charge is -2.29. The normalized spacial score (nSPS) is 25.2. The minimum Gasteiger partial charge on any atom is -0.381 e. The summed E-state index contributed by atoms with van der Waals surface area (Å²) in [5, 5.41) is 4.10. The van der Waals surface area contributed by atoms with Crippen molar-refractivity contribution < 1.29 is 14.0 Å². The second-order valence-electron chi connectivity index (χ2n) is 5.11. The molecule has 6 heteroatoms. The summed E-state index contributed by atoms with van der Waals surface area (Å²) in [5.41, 5.74) is 5.82. The summed E-state index contributed by atoms with van der Waals surface area (Å²) in [4.78, 5) is 4.52. The molecule has 2 saturated heterocycles. The molecule has 0 atom stereocenters. The van der Waals surface area contributed by atoms with Gasteiger partial charge in [0.1, 0.15) is 5.54 Å². The van der Waals surface area contributed by atoms with Crippen LogP contribution in [-0.2, 0) is 15.0 Å². The first-order chi connectivity index (χ1) is 8.78. The van der Waals surface area contributed by atoms with E-state index in [2.05, 4.69) is 10.1 Å². The molecule has 3 heterocycles. The topological polar surface area (TPSA) is 83.4 Å². The highest BCUT2D eigenvalue weighted by molar-refractivity contribution is 5.06. The highest BCUT2D eigenvalue weighted by Gasteiger charge is 2.36. The molecule has 6 nitrogen and oxygen atoms in total. The lowest BCUT2D eigenvalue weighted by Crippen LogP contribution is -2.42. The average molecular weight is 253 g/mol. The molecule has 1 aromatic rings. The Balaban J connectivity index is 1.75. The van der Waals surface area contributed by atoms with Crippen LogP contribution in [0.5, 0.6) is 0 Å². The van der Waals surface area contributed by atoms with Gasteiger partial charge < -0.3 is 19.7 Å². The van der Waals surface area contributed by atoms with Crippen molar-refractivity contribution in [2.45, 2.75) is 37.1 Å². The van der Waals surface area contributed by atoms with Crippen LogP contribution in [0, 0.1) is 0 Å². The smallest absolute Gasteiger partial charge is 0.246 e. The van der Waals surface area contributed by atoms with Crippen molar-refractivity contribution in [2.75, 3.05) is 26.4 Å². The van der Waals surface area contributed by atoms with Gasteiger partial charge in [-0.05, 0) is 25.7 Å². The zero-order chi connectivity index (χ0) is 12.4. The standard InChI is InChI=1S/C12H19N3O3/c13-12(3-7-17-8-4-12)11-14-10(15-18-11)9-1-5-16-6-2-9/h9H,1-8,13H2. The number of aromatic nitrogens is 2. The van der Waals surface area contributed by atoms with Crippen LogP contribution in [0.4, 0.5) is 0 Å². The van der Waals surface area contributed by atoms with E-state index < -0.39 is 5.54 Å². The summed E-state index contributed by atoms with van der Waals surface area (Å²) in [5.74, 6) is 1.69. The van der Waals surface area contributed by atoms with E-state index in [0.29, 0.717) is 25.0 Å². The number of hydrogen-bond acceptors (Lipinski definition) is 6. The summed E-state index contributed by atoms with van der Waals surface area (Å²) in [6.07, 6.45) is 3.39. The van der Waals surface area contributed by atoms with Gasteiger partial charge >= 0.3 is 0 Å². The van der Waals surface area contributed by atoms with Crippen molar-refractivity contribution in [1.82, 2.24) is 10.1 Å². The van der Waals surface area contributed by atoms with Crippen LogP contribution in [0.25, 0.3) is 0 Å². The van der Waals surface area contributed by atoms with Gasteiger partial charge in [-0.15, -0.1) is 0 Å². The van der Waals surface area contributed by atoms with Crippen molar-refractivity contribution in [3.8, 4) is 0 Å². The molecule has 0 bridgehead atoms. The molecule has 2 N–H and O–H groups in total. The summed E-state index contributed by atoms with van der Waals surface area (Å²) in [6.45, 7) is 2.86. The Hall–Kier alpha value is -0.980. The summed E-state index contributed by atoms with van der Waals surface area (Å²) < 4.78 is 16.0. The molecule has 2 aliphatic heterocycles. The van der Waals surface area contributed by atoms with Crippen molar-refractivity contribution in [3.63, 3.8) is 0 Å². The third kappa shape index (κ3) is 2.28. The average Bonchev–Trinajstić information content (AvgIpc) is 2.91. The summed E-state index contributed by atoms with van der Waals surface area (Å²) >= 11 is 0. The molecular formula is C12H19N3O3. The van der Waals surface area contributed by atoms with Gasteiger partial charge in [0.05, 0.1) is 0 Å². The van der Waals surface area contributed by atoms with Crippen LogP contribution >= 0.6 is 0 Å². The Morgan fingerprint density at radius 2 is 1.72 bits per heavy atom. The molecule has 0 spiro atoms. The number of nitrogens with two attached hydrogens (primary N) is 1. The maximum atomic E-state index is 6.32. The molecule has 0 aliphatic carbocycles. The lowest BCUT2D eigenvalue weighted by molar-refractivity contribution is 0.0400. The van der Waals surface area contributed by atoms with E-state index in [9.17, 15) is 0 Å². The number of nitrogens with zero attached hydrogens (tertiary/aromatic N) is 2. The molecule has 0 amide bonds. The first-order valence-corrected chi connectivity index (χ1v) is 6.56. The monoisotopic (exact) mass is 253 g/mol. The molecule has 2 fully saturated rings. The van der Waals surface area contributed by atoms with Gasteiger partial charge in [-0.3, -0.25) is 0 Å². The van der Waals surface area contributed by atoms with Gasteiger partial charge in [0, 0.05) is 32.3 Å². The van der Waals surface area contributed by atoms with E-state index in [-0.39, 0.29) is 0 Å². The maximum absolute atomic E-state index is 6.32. The molecule has 0 saturated carbocycles. The highest BCUT2D eigenvalue weighted by Crippen LogP contribution is 2.30. The van der Waals surface area contributed by atoms with E-state index in [4.69, 9.17) is 19.7 Å². The minimum absolute atomic E-state index is 0.347. The van der Waals surface area contributed by atoms with Crippen LogP contribution in [0.15, 0.2) is 4.52 Å².